The molecule has 0 aliphatic carbocycles. The number of ether oxygens (including phenoxy) is 1. The fraction of sp³-hybridized carbons (Fsp3) is 0.381. The SMILES string of the molecule is CC(C)(C)c1ccc(OC(=O)Nc2cccc(Cl)c2)c(C(C)(C)C)c1. The van der Waals surface area contributed by atoms with E-state index in [1.807, 2.05) is 12.1 Å². The summed E-state index contributed by atoms with van der Waals surface area (Å²) in [7, 11) is 0. The minimum atomic E-state index is -0.531. The summed E-state index contributed by atoms with van der Waals surface area (Å²) in [6, 6.07) is 13.0. The van der Waals surface area contributed by atoms with E-state index in [4.69, 9.17) is 16.3 Å². The van der Waals surface area contributed by atoms with Gasteiger partial charge in [0.2, 0.25) is 0 Å². The summed E-state index contributed by atoms with van der Waals surface area (Å²) in [5.74, 6) is 0.569. The first-order valence-electron chi connectivity index (χ1n) is 8.36. The zero-order valence-electron chi connectivity index (χ0n) is 15.7. The summed E-state index contributed by atoms with van der Waals surface area (Å²) in [5.41, 5.74) is 2.69. The standard InChI is InChI=1S/C21H26ClNO2/c1-20(2,3)14-10-11-18(17(12-14)21(4,5)6)25-19(24)23-16-9-7-8-15(22)13-16/h7-13H,1-6H3,(H,23,24). The maximum absolute atomic E-state index is 12.3. The first kappa shape index (κ1) is 19.3. The Bertz CT molecular complexity index is 770. The molecule has 2 rings (SSSR count). The van der Waals surface area contributed by atoms with Crippen LogP contribution >= 0.6 is 11.6 Å². The van der Waals surface area contributed by atoms with Crippen molar-refractivity contribution in [1.82, 2.24) is 0 Å². The van der Waals surface area contributed by atoms with Crippen LogP contribution in [0.25, 0.3) is 0 Å². The summed E-state index contributed by atoms with van der Waals surface area (Å²) in [5, 5.41) is 3.27. The van der Waals surface area contributed by atoms with Crippen LogP contribution in [0.5, 0.6) is 5.75 Å². The maximum atomic E-state index is 12.3. The smallest absolute Gasteiger partial charge is 0.410 e. The van der Waals surface area contributed by atoms with Gasteiger partial charge in [0.25, 0.3) is 0 Å². The third-order valence-corrected chi connectivity index (χ3v) is 4.16. The van der Waals surface area contributed by atoms with Gasteiger partial charge in [-0.1, -0.05) is 71.3 Å². The molecule has 2 aromatic rings. The second-order valence-corrected chi connectivity index (χ2v) is 8.67. The number of benzene rings is 2. The van der Waals surface area contributed by atoms with Gasteiger partial charge in [-0.2, -0.15) is 0 Å². The molecule has 0 atom stereocenters. The highest BCUT2D eigenvalue weighted by Gasteiger charge is 2.24. The van der Waals surface area contributed by atoms with Crippen molar-refractivity contribution in [1.29, 1.82) is 0 Å². The topological polar surface area (TPSA) is 38.3 Å². The van der Waals surface area contributed by atoms with Gasteiger partial charge in [0.1, 0.15) is 5.75 Å². The molecule has 25 heavy (non-hydrogen) atoms. The Morgan fingerprint density at radius 2 is 1.64 bits per heavy atom. The van der Waals surface area contributed by atoms with Crippen LogP contribution < -0.4 is 10.1 Å². The fourth-order valence-corrected chi connectivity index (χ4v) is 2.67. The van der Waals surface area contributed by atoms with Crippen molar-refractivity contribution in [2.75, 3.05) is 5.32 Å². The number of nitrogens with one attached hydrogen (secondary N) is 1. The molecular formula is C21H26ClNO2. The number of rotatable bonds is 2. The van der Waals surface area contributed by atoms with Gasteiger partial charge in [0.15, 0.2) is 0 Å². The third kappa shape index (κ3) is 5.23. The Morgan fingerprint density at radius 3 is 2.20 bits per heavy atom. The van der Waals surface area contributed by atoms with E-state index in [1.165, 1.54) is 5.56 Å². The van der Waals surface area contributed by atoms with E-state index in [0.717, 1.165) is 5.56 Å². The lowest BCUT2D eigenvalue weighted by Crippen LogP contribution is -2.21. The van der Waals surface area contributed by atoms with Crippen molar-refractivity contribution < 1.29 is 9.53 Å². The van der Waals surface area contributed by atoms with Crippen molar-refractivity contribution in [2.24, 2.45) is 0 Å². The van der Waals surface area contributed by atoms with E-state index in [2.05, 4.69) is 52.9 Å². The lowest BCUT2D eigenvalue weighted by molar-refractivity contribution is 0.214. The van der Waals surface area contributed by atoms with E-state index in [1.54, 1.807) is 24.3 Å². The zero-order chi connectivity index (χ0) is 18.8. The number of carbonyl (C=O) groups is 1. The minimum Gasteiger partial charge on any atom is -0.410 e. The predicted octanol–water partition coefficient (Wildman–Crippen LogP) is 6.55. The second-order valence-electron chi connectivity index (χ2n) is 8.24. The molecule has 0 unspecified atom stereocenters. The largest absolute Gasteiger partial charge is 0.417 e. The minimum absolute atomic E-state index is 0.0293. The molecule has 0 aromatic heterocycles. The Labute approximate surface area is 155 Å². The summed E-state index contributed by atoms with van der Waals surface area (Å²) in [6.07, 6.45) is -0.531. The molecule has 1 amide bonds. The number of anilines is 1. The van der Waals surface area contributed by atoms with Gasteiger partial charge in [0, 0.05) is 16.3 Å². The fourth-order valence-electron chi connectivity index (χ4n) is 2.48. The summed E-state index contributed by atoms with van der Waals surface area (Å²) < 4.78 is 5.59. The average Bonchev–Trinajstić information content (AvgIpc) is 2.45. The van der Waals surface area contributed by atoms with Crippen LogP contribution in [-0.4, -0.2) is 6.09 Å². The molecule has 0 bridgehead atoms. The normalized spacial score (nSPS) is 12.0. The number of halogens is 1. The Morgan fingerprint density at radius 1 is 0.960 bits per heavy atom. The number of hydrogen-bond acceptors (Lipinski definition) is 2. The van der Waals surface area contributed by atoms with Crippen molar-refractivity contribution in [2.45, 2.75) is 52.4 Å². The Hall–Kier alpha value is -2.00. The van der Waals surface area contributed by atoms with Gasteiger partial charge in [-0.05, 0) is 40.7 Å². The second kappa shape index (κ2) is 7.09. The van der Waals surface area contributed by atoms with Gasteiger partial charge in [0.05, 0.1) is 0 Å². The Balaban J connectivity index is 2.27. The molecule has 3 nitrogen and oxygen atoms in total. The average molecular weight is 360 g/mol. The van der Waals surface area contributed by atoms with Crippen LogP contribution in [-0.2, 0) is 10.8 Å². The number of carbonyl (C=O) groups excluding carboxylic acids is 1. The zero-order valence-corrected chi connectivity index (χ0v) is 16.5. The Kier molecular flexibility index (Phi) is 5.48. The van der Waals surface area contributed by atoms with E-state index < -0.39 is 6.09 Å². The molecule has 1 N–H and O–H groups in total. The molecule has 0 fully saturated rings. The van der Waals surface area contributed by atoms with Crippen molar-refractivity contribution >= 4 is 23.4 Å². The van der Waals surface area contributed by atoms with Gasteiger partial charge in [-0.3, -0.25) is 5.32 Å². The number of hydrogen-bond donors (Lipinski definition) is 1. The van der Waals surface area contributed by atoms with Crippen molar-refractivity contribution in [3.05, 3.63) is 58.6 Å². The summed E-state index contributed by atoms with van der Waals surface area (Å²) in [4.78, 5) is 12.3. The van der Waals surface area contributed by atoms with E-state index >= 15 is 0 Å². The first-order valence-corrected chi connectivity index (χ1v) is 8.74. The highest BCUT2D eigenvalue weighted by molar-refractivity contribution is 6.30. The van der Waals surface area contributed by atoms with Gasteiger partial charge in [-0.25, -0.2) is 4.79 Å². The van der Waals surface area contributed by atoms with Crippen molar-refractivity contribution in [3.63, 3.8) is 0 Å². The highest BCUT2D eigenvalue weighted by Crippen LogP contribution is 2.35. The maximum Gasteiger partial charge on any atom is 0.417 e. The van der Waals surface area contributed by atoms with Gasteiger partial charge in [-0.15, -0.1) is 0 Å². The van der Waals surface area contributed by atoms with Crippen LogP contribution in [0.3, 0.4) is 0 Å². The van der Waals surface area contributed by atoms with Crippen LogP contribution in [0.15, 0.2) is 42.5 Å². The van der Waals surface area contributed by atoms with Crippen molar-refractivity contribution in [3.8, 4) is 5.75 Å². The van der Waals surface area contributed by atoms with Crippen LogP contribution in [0.4, 0.5) is 10.5 Å². The molecule has 0 saturated heterocycles. The summed E-state index contributed by atoms with van der Waals surface area (Å²) in [6.45, 7) is 12.8. The van der Waals surface area contributed by atoms with Crippen LogP contribution in [0.2, 0.25) is 5.02 Å². The quantitative estimate of drug-likeness (QED) is 0.660. The lowest BCUT2D eigenvalue weighted by atomic mass is 9.80. The van der Waals surface area contributed by atoms with Gasteiger partial charge < -0.3 is 4.74 Å². The van der Waals surface area contributed by atoms with E-state index in [-0.39, 0.29) is 10.8 Å². The molecular weight excluding hydrogens is 334 g/mol. The molecule has 0 heterocycles. The molecule has 0 saturated carbocycles. The van der Waals surface area contributed by atoms with E-state index in [9.17, 15) is 4.79 Å². The van der Waals surface area contributed by atoms with Crippen LogP contribution in [0.1, 0.15) is 52.7 Å². The molecule has 0 radical (unpaired) electrons. The van der Waals surface area contributed by atoms with Crippen LogP contribution in [0, 0.1) is 0 Å². The molecule has 134 valence electrons. The predicted molar refractivity (Wildman–Crippen MR) is 105 cm³/mol. The molecule has 4 heteroatoms. The first-order chi connectivity index (χ1) is 11.5. The highest BCUT2D eigenvalue weighted by atomic mass is 35.5. The molecule has 0 spiro atoms. The van der Waals surface area contributed by atoms with Gasteiger partial charge >= 0.3 is 6.09 Å². The number of amides is 1. The molecule has 0 aliphatic heterocycles. The monoisotopic (exact) mass is 359 g/mol. The molecule has 2 aromatic carbocycles. The lowest BCUT2D eigenvalue weighted by Gasteiger charge is -2.26. The summed E-state index contributed by atoms with van der Waals surface area (Å²) >= 11 is 5.94. The van der Waals surface area contributed by atoms with E-state index in [0.29, 0.717) is 16.5 Å². The molecule has 0 aliphatic rings. The third-order valence-electron chi connectivity index (χ3n) is 3.93.